The van der Waals surface area contributed by atoms with Gasteiger partial charge in [0, 0.05) is 10.0 Å². The number of halogens is 1. The summed E-state index contributed by atoms with van der Waals surface area (Å²) in [6.45, 7) is 0. The van der Waals surface area contributed by atoms with Crippen LogP contribution in [0.1, 0.15) is 15.9 Å². The maximum absolute atomic E-state index is 12.2. The number of aromatic hydroxyl groups is 1. The average molecular weight is 350 g/mol. The first-order chi connectivity index (χ1) is 10.0. The van der Waals surface area contributed by atoms with Gasteiger partial charge in [0.15, 0.2) is 5.84 Å². The largest absolute Gasteiger partial charge is 0.507 e. The summed E-state index contributed by atoms with van der Waals surface area (Å²) in [5.41, 5.74) is 6.44. The van der Waals surface area contributed by atoms with E-state index in [1.54, 1.807) is 30.3 Å². The molecule has 0 fully saturated rings. The Bertz CT molecular complexity index is 716. The zero-order valence-electron chi connectivity index (χ0n) is 10.7. The topological polar surface area (TPSA) is 108 Å². The smallest absolute Gasteiger partial charge is 0.259 e. The maximum atomic E-state index is 12.2. The molecule has 1 amide bonds. The molecule has 0 heterocycles. The van der Waals surface area contributed by atoms with E-state index in [1.807, 2.05) is 0 Å². The molecule has 108 valence electrons. The lowest BCUT2D eigenvalue weighted by atomic mass is 10.1. The Morgan fingerprint density at radius 3 is 2.57 bits per heavy atom. The first-order valence-electron chi connectivity index (χ1n) is 5.89. The molecule has 0 unspecified atom stereocenters. The summed E-state index contributed by atoms with van der Waals surface area (Å²) in [4.78, 5) is 12.2. The summed E-state index contributed by atoms with van der Waals surface area (Å²) >= 11 is 3.27. The van der Waals surface area contributed by atoms with Gasteiger partial charge in [0.25, 0.3) is 5.91 Å². The molecule has 0 saturated heterocycles. The molecule has 0 aliphatic rings. The number of amidine groups is 1. The number of phenols is 1. The van der Waals surface area contributed by atoms with Crippen LogP contribution in [0.5, 0.6) is 5.75 Å². The third kappa shape index (κ3) is 3.32. The molecule has 2 rings (SSSR count). The van der Waals surface area contributed by atoms with Crippen LogP contribution in [0.4, 0.5) is 5.69 Å². The Kier molecular flexibility index (Phi) is 4.44. The van der Waals surface area contributed by atoms with Crippen LogP contribution in [0, 0.1) is 0 Å². The van der Waals surface area contributed by atoms with Crippen molar-refractivity contribution in [2.45, 2.75) is 0 Å². The molecule has 0 atom stereocenters. The van der Waals surface area contributed by atoms with E-state index < -0.39 is 5.91 Å². The normalized spacial score (nSPS) is 11.2. The highest BCUT2D eigenvalue weighted by atomic mass is 79.9. The average Bonchev–Trinajstić information content (AvgIpc) is 2.48. The van der Waals surface area contributed by atoms with E-state index in [0.717, 1.165) is 0 Å². The molecular formula is C14H12BrN3O3. The maximum Gasteiger partial charge on any atom is 0.259 e. The van der Waals surface area contributed by atoms with Crippen LogP contribution < -0.4 is 11.1 Å². The van der Waals surface area contributed by atoms with Gasteiger partial charge in [0.2, 0.25) is 0 Å². The number of amides is 1. The number of rotatable bonds is 3. The van der Waals surface area contributed by atoms with E-state index in [1.165, 1.54) is 12.1 Å². The number of hydrogen-bond donors (Lipinski definition) is 4. The van der Waals surface area contributed by atoms with E-state index in [9.17, 15) is 9.90 Å². The molecule has 5 N–H and O–H groups in total. The minimum atomic E-state index is -0.498. The van der Waals surface area contributed by atoms with Crippen LogP contribution in [-0.2, 0) is 0 Å². The molecule has 0 radical (unpaired) electrons. The fourth-order valence-corrected chi connectivity index (χ4v) is 2.11. The summed E-state index contributed by atoms with van der Waals surface area (Å²) in [5, 5.41) is 24.0. The first-order valence-corrected chi connectivity index (χ1v) is 6.69. The van der Waals surface area contributed by atoms with Crippen LogP contribution in [0.3, 0.4) is 0 Å². The van der Waals surface area contributed by atoms with E-state index in [-0.39, 0.29) is 17.1 Å². The highest BCUT2D eigenvalue weighted by Gasteiger charge is 2.14. The van der Waals surface area contributed by atoms with Crippen molar-refractivity contribution in [2.24, 2.45) is 10.9 Å². The molecule has 0 saturated carbocycles. The number of nitrogens with one attached hydrogen (secondary N) is 1. The minimum Gasteiger partial charge on any atom is -0.507 e. The summed E-state index contributed by atoms with van der Waals surface area (Å²) in [6.07, 6.45) is 0. The number of benzene rings is 2. The second-order valence-corrected chi connectivity index (χ2v) is 5.06. The lowest BCUT2D eigenvalue weighted by Crippen LogP contribution is -2.19. The molecule has 0 spiro atoms. The van der Waals surface area contributed by atoms with Gasteiger partial charge in [-0.15, -0.1) is 0 Å². The number of anilines is 1. The van der Waals surface area contributed by atoms with Crippen molar-refractivity contribution < 1.29 is 15.1 Å². The highest BCUT2D eigenvalue weighted by molar-refractivity contribution is 9.10. The SMILES string of the molecule is N/C(=N/O)c1cc(Br)ccc1NC(=O)c1ccccc1O. The van der Waals surface area contributed by atoms with Gasteiger partial charge in [-0.3, -0.25) is 4.79 Å². The highest BCUT2D eigenvalue weighted by Crippen LogP contribution is 2.23. The van der Waals surface area contributed by atoms with Crippen LogP contribution >= 0.6 is 15.9 Å². The minimum absolute atomic E-state index is 0.127. The fourth-order valence-electron chi connectivity index (χ4n) is 1.75. The van der Waals surface area contributed by atoms with Crippen molar-refractivity contribution in [1.82, 2.24) is 0 Å². The standard InChI is InChI=1S/C14H12BrN3O3/c15-8-5-6-11(10(7-8)13(16)18-21)17-14(20)9-3-1-2-4-12(9)19/h1-7,19,21H,(H2,16,18)(H,17,20). The number of carbonyl (C=O) groups excluding carboxylic acids is 1. The Hall–Kier alpha value is -2.54. The first kappa shape index (κ1) is 14.9. The van der Waals surface area contributed by atoms with Gasteiger partial charge >= 0.3 is 0 Å². The van der Waals surface area contributed by atoms with Crippen molar-refractivity contribution in [3.63, 3.8) is 0 Å². The molecule has 7 heteroatoms. The number of oxime groups is 1. The lowest BCUT2D eigenvalue weighted by molar-refractivity contribution is 0.102. The van der Waals surface area contributed by atoms with Crippen molar-refractivity contribution in [3.8, 4) is 5.75 Å². The molecule has 6 nitrogen and oxygen atoms in total. The number of nitrogens with two attached hydrogens (primary N) is 1. The summed E-state index contributed by atoms with van der Waals surface area (Å²) in [7, 11) is 0. The Labute approximate surface area is 129 Å². The molecule has 0 aromatic heterocycles. The van der Waals surface area contributed by atoms with Gasteiger partial charge in [-0.05, 0) is 30.3 Å². The van der Waals surface area contributed by atoms with Crippen molar-refractivity contribution in [1.29, 1.82) is 0 Å². The van der Waals surface area contributed by atoms with E-state index in [2.05, 4.69) is 26.4 Å². The van der Waals surface area contributed by atoms with Gasteiger partial charge in [0.05, 0.1) is 11.3 Å². The molecule has 2 aromatic rings. The predicted molar refractivity (Wildman–Crippen MR) is 82.7 cm³/mol. The van der Waals surface area contributed by atoms with Crippen LogP contribution in [-0.4, -0.2) is 22.1 Å². The summed E-state index contributed by atoms with van der Waals surface area (Å²) < 4.78 is 0.713. The summed E-state index contributed by atoms with van der Waals surface area (Å²) in [5.74, 6) is -0.760. The molecule has 2 aromatic carbocycles. The van der Waals surface area contributed by atoms with Gasteiger partial charge in [-0.2, -0.15) is 0 Å². The van der Waals surface area contributed by atoms with Gasteiger partial charge in [-0.1, -0.05) is 33.2 Å². The second kappa shape index (κ2) is 6.27. The number of para-hydroxylation sites is 1. The second-order valence-electron chi connectivity index (χ2n) is 4.15. The quantitative estimate of drug-likeness (QED) is 0.295. The number of hydrogen-bond acceptors (Lipinski definition) is 4. The van der Waals surface area contributed by atoms with Crippen molar-refractivity contribution in [3.05, 3.63) is 58.1 Å². The monoisotopic (exact) mass is 349 g/mol. The molecule has 0 aliphatic heterocycles. The van der Waals surface area contributed by atoms with Gasteiger partial charge < -0.3 is 21.4 Å². The summed E-state index contributed by atoms with van der Waals surface area (Å²) in [6, 6.07) is 11.1. The van der Waals surface area contributed by atoms with Crippen molar-refractivity contribution in [2.75, 3.05) is 5.32 Å². The Morgan fingerprint density at radius 2 is 1.90 bits per heavy atom. The molecular weight excluding hydrogens is 338 g/mol. The van der Waals surface area contributed by atoms with E-state index in [0.29, 0.717) is 15.7 Å². The number of carbonyl (C=O) groups is 1. The van der Waals surface area contributed by atoms with Gasteiger partial charge in [0.1, 0.15) is 5.75 Å². The van der Waals surface area contributed by atoms with Crippen LogP contribution in [0.25, 0.3) is 0 Å². The van der Waals surface area contributed by atoms with Crippen LogP contribution in [0.15, 0.2) is 52.1 Å². The van der Waals surface area contributed by atoms with E-state index in [4.69, 9.17) is 10.9 Å². The fraction of sp³-hybridized carbons (Fsp3) is 0. The Morgan fingerprint density at radius 1 is 1.19 bits per heavy atom. The zero-order chi connectivity index (χ0) is 15.4. The zero-order valence-corrected chi connectivity index (χ0v) is 12.3. The third-order valence-electron chi connectivity index (χ3n) is 2.76. The van der Waals surface area contributed by atoms with Crippen LogP contribution in [0.2, 0.25) is 0 Å². The van der Waals surface area contributed by atoms with Crippen molar-refractivity contribution >= 4 is 33.4 Å². The molecule has 21 heavy (non-hydrogen) atoms. The number of nitrogens with zero attached hydrogens (tertiary/aromatic N) is 1. The molecule has 0 aliphatic carbocycles. The lowest BCUT2D eigenvalue weighted by Gasteiger charge is -2.11. The van der Waals surface area contributed by atoms with E-state index >= 15 is 0 Å². The molecule has 0 bridgehead atoms. The third-order valence-corrected chi connectivity index (χ3v) is 3.26. The van der Waals surface area contributed by atoms with Gasteiger partial charge in [-0.25, -0.2) is 0 Å². The Balaban J connectivity index is 2.36. The number of phenolic OH excluding ortho intramolecular Hbond substituents is 1. The predicted octanol–water partition coefficient (Wildman–Crippen LogP) is 2.50.